The summed E-state index contributed by atoms with van der Waals surface area (Å²) in [5.41, 5.74) is 0.923. The number of nitrogens with zero attached hydrogens (tertiary/aromatic N) is 1. The smallest absolute Gasteiger partial charge is 0.414 e. The molecule has 1 fully saturated rings. The summed E-state index contributed by atoms with van der Waals surface area (Å²) in [5, 5.41) is 0. The van der Waals surface area contributed by atoms with E-state index >= 15 is 0 Å². The molecule has 1 aromatic rings. The average Bonchev–Trinajstić information content (AvgIpc) is 2.69. The van der Waals surface area contributed by atoms with Crippen LogP contribution < -0.4 is 4.90 Å². The number of amides is 1. The zero-order chi connectivity index (χ0) is 11.4. The number of carbonyl (C=O) groups excluding carboxylic acids is 1. The van der Waals surface area contributed by atoms with Crippen molar-refractivity contribution in [3.8, 4) is 0 Å². The third-order valence-corrected chi connectivity index (χ3v) is 2.82. The van der Waals surface area contributed by atoms with Gasteiger partial charge in [-0.3, -0.25) is 4.90 Å². The minimum Gasteiger partial charge on any atom is -0.444 e. The fraction of sp³-hybridized carbons (Fsp3) is 0.462. The van der Waals surface area contributed by atoms with Crippen LogP contribution in [0.4, 0.5) is 10.5 Å². The molecule has 3 heteroatoms. The number of unbranched alkanes of at least 4 members (excludes halogenated alkanes) is 1. The van der Waals surface area contributed by atoms with Crippen LogP contribution in [0.15, 0.2) is 30.3 Å². The van der Waals surface area contributed by atoms with Crippen molar-refractivity contribution in [1.82, 2.24) is 0 Å². The van der Waals surface area contributed by atoms with Crippen molar-refractivity contribution in [1.29, 1.82) is 0 Å². The van der Waals surface area contributed by atoms with E-state index in [2.05, 4.69) is 6.92 Å². The molecule has 1 saturated heterocycles. The van der Waals surface area contributed by atoms with Gasteiger partial charge in [-0.2, -0.15) is 0 Å². The molecule has 0 saturated carbocycles. The molecule has 86 valence electrons. The SMILES string of the molecule is CCCC[C@H]1CN(c2ccccc2)C(=O)O1. The van der Waals surface area contributed by atoms with Gasteiger partial charge in [0.05, 0.1) is 6.54 Å². The highest BCUT2D eigenvalue weighted by atomic mass is 16.6. The Kier molecular flexibility index (Phi) is 3.44. The number of benzene rings is 1. The highest BCUT2D eigenvalue weighted by molar-refractivity contribution is 5.89. The molecule has 0 aliphatic carbocycles. The third kappa shape index (κ3) is 2.35. The second kappa shape index (κ2) is 5.01. The summed E-state index contributed by atoms with van der Waals surface area (Å²) < 4.78 is 5.32. The molecule has 0 aromatic heterocycles. The Morgan fingerprint density at radius 2 is 2.12 bits per heavy atom. The number of rotatable bonds is 4. The van der Waals surface area contributed by atoms with Crippen molar-refractivity contribution in [3.05, 3.63) is 30.3 Å². The van der Waals surface area contributed by atoms with Crippen molar-refractivity contribution < 1.29 is 9.53 Å². The van der Waals surface area contributed by atoms with Gasteiger partial charge in [0.1, 0.15) is 6.10 Å². The number of anilines is 1. The number of cyclic esters (lactones) is 1. The maximum atomic E-state index is 11.7. The van der Waals surface area contributed by atoms with E-state index in [1.54, 1.807) is 4.90 Å². The van der Waals surface area contributed by atoms with Crippen LogP contribution in [-0.2, 0) is 4.74 Å². The first-order chi connectivity index (χ1) is 7.81. The van der Waals surface area contributed by atoms with Gasteiger partial charge in [0.25, 0.3) is 0 Å². The summed E-state index contributed by atoms with van der Waals surface area (Å²) in [6.07, 6.45) is 3.06. The van der Waals surface area contributed by atoms with Gasteiger partial charge in [-0.05, 0) is 25.0 Å². The number of para-hydroxylation sites is 1. The van der Waals surface area contributed by atoms with Crippen LogP contribution in [0.1, 0.15) is 26.2 Å². The maximum absolute atomic E-state index is 11.7. The van der Waals surface area contributed by atoms with Gasteiger partial charge in [0, 0.05) is 5.69 Å². The topological polar surface area (TPSA) is 29.5 Å². The lowest BCUT2D eigenvalue weighted by molar-refractivity contribution is 0.135. The molecule has 1 amide bonds. The zero-order valence-electron chi connectivity index (χ0n) is 9.56. The fourth-order valence-corrected chi connectivity index (χ4v) is 1.92. The molecule has 0 bridgehead atoms. The van der Waals surface area contributed by atoms with Crippen LogP contribution in [-0.4, -0.2) is 18.7 Å². The van der Waals surface area contributed by atoms with Gasteiger partial charge in [0.2, 0.25) is 0 Å². The molecule has 1 aromatic carbocycles. The molecular formula is C13H17NO2. The molecule has 1 atom stereocenters. The summed E-state index contributed by atoms with van der Waals surface area (Å²) >= 11 is 0. The minimum atomic E-state index is -0.215. The number of carbonyl (C=O) groups is 1. The van der Waals surface area contributed by atoms with Crippen LogP contribution in [0.2, 0.25) is 0 Å². The monoisotopic (exact) mass is 219 g/mol. The van der Waals surface area contributed by atoms with Crippen LogP contribution in [0.3, 0.4) is 0 Å². The van der Waals surface area contributed by atoms with E-state index < -0.39 is 0 Å². The average molecular weight is 219 g/mol. The third-order valence-electron chi connectivity index (χ3n) is 2.82. The van der Waals surface area contributed by atoms with Crippen molar-refractivity contribution in [3.63, 3.8) is 0 Å². The largest absolute Gasteiger partial charge is 0.444 e. The Morgan fingerprint density at radius 3 is 2.81 bits per heavy atom. The van der Waals surface area contributed by atoms with Crippen molar-refractivity contribution >= 4 is 11.8 Å². The summed E-state index contributed by atoms with van der Waals surface area (Å²) in [7, 11) is 0. The maximum Gasteiger partial charge on any atom is 0.414 e. The Morgan fingerprint density at radius 1 is 1.38 bits per heavy atom. The lowest BCUT2D eigenvalue weighted by Gasteiger charge is -2.12. The molecule has 0 radical (unpaired) electrons. The Balaban J connectivity index is 2.00. The molecule has 0 unspecified atom stereocenters. The van der Waals surface area contributed by atoms with E-state index in [9.17, 15) is 4.79 Å². The van der Waals surface area contributed by atoms with E-state index in [1.165, 1.54) is 0 Å². The molecule has 0 spiro atoms. The summed E-state index contributed by atoms with van der Waals surface area (Å²) in [6, 6.07) is 9.68. The predicted molar refractivity (Wildman–Crippen MR) is 63.6 cm³/mol. The molecule has 16 heavy (non-hydrogen) atoms. The Bertz CT molecular complexity index is 350. The van der Waals surface area contributed by atoms with Crippen molar-refractivity contribution in [2.45, 2.75) is 32.3 Å². The van der Waals surface area contributed by atoms with Crippen LogP contribution >= 0.6 is 0 Å². The van der Waals surface area contributed by atoms with E-state index in [0.717, 1.165) is 24.9 Å². The normalized spacial score (nSPS) is 19.9. The van der Waals surface area contributed by atoms with Gasteiger partial charge in [-0.1, -0.05) is 31.5 Å². The zero-order valence-corrected chi connectivity index (χ0v) is 9.56. The summed E-state index contributed by atoms with van der Waals surface area (Å²) in [5.74, 6) is 0. The molecular weight excluding hydrogens is 202 g/mol. The number of hydrogen-bond acceptors (Lipinski definition) is 2. The van der Waals surface area contributed by atoms with Gasteiger partial charge >= 0.3 is 6.09 Å². The molecule has 1 aliphatic rings. The van der Waals surface area contributed by atoms with Gasteiger partial charge in [-0.15, -0.1) is 0 Å². The Hall–Kier alpha value is -1.51. The first-order valence-corrected chi connectivity index (χ1v) is 5.84. The second-order valence-electron chi connectivity index (χ2n) is 4.09. The van der Waals surface area contributed by atoms with E-state index in [0.29, 0.717) is 6.54 Å². The van der Waals surface area contributed by atoms with Gasteiger partial charge in [-0.25, -0.2) is 4.79 Å². The van der Waals surface area contributed by atoms with Crippen molar-refractivity contribution in [2.75, 3.05) is 11.4 Å². The number of ether oxygens (including phenoxy) is 1. The summed E-state index contributed by atoms with van der Waals surface area (Å²) in [4.78, 5) is 13.4. The molecule has 1 heterocycles. The second-order valence-corrected chi connectivity index (χ2v) is 4.09. The van der Waals surface area contributed by atoms with Crippen LogP contribution in [0.25, 0.3) is 0 Å². The number of hydrogen-bond donors (Lipinski definition) is 0. The Labute approximate surface area is 96.0 Å². The molecule has 1 aliphatic heterocycles. The van der Waals surface area contributed by atoms with E-state index in [-0.39, 0.29) is 12.2 Å². The minimum absolute atomic E-state index is 0.0626. The van der Waals surface area contributed by atoms with Gasteiger partial charge in [0.15, 0.2) is 0 Å². The fourth-order valence-electron chi connectivity index (χ4n) is 1.92. The van der Waals surface area contributed by atoms with E-state index in [4.69, 9.17) is 4.74 Å². The first kappa shape index (κ1) is 11.0. The molecule has 2 rings (SSSR count). The van der Waals surface area contributed by atoms with Crippen LogP contribution in [0, 0.1) is 0 Å². The molecule has 0 N–H and O–H groups in total. The lowest BCUT2D eigenvalue weighted by atomic mass is 10.1. The first-order valence-electron chi connectivity index (χ1n) is 5.84. The molecule has 3 nitrogen and oxygen atoms in total. The van der Waals surface area contributed by atoms with Crippen LogP contribution in [0.5, 0.6) is 0 Å². The highest BCUT2D eigenvalue weighted by Gasteiger charge is 2.31. The lowest BCUT2D eigenvalue weighted by Crippen LogP contribution is -2.24. The standard InChI is InChI=1S/C13H17NO2/c1-2-3-9-12-10-14(13(15)16-12)11-7-5-4-6-8-11/h4-8,12H,2-3,9-10H2,1H3/t12-/m0/s1. The van der Waals surface area contributed by atoms with E-state index in [1.807, 2.05) is 30.3 Å². The van der Waals surface area contributed by atoms with Crippen molar-refractivity contribution in [2.24, 2.45) is 0 Å². The highest BCUT2D eigenvalue weighted by Crippen LogP contribution is 2.23. The predicted octanol–water partition coefficient (Wildman–Crippen LogP) is 3.20. The summed E-state index contributed by atoms with van der Waals surface area (Å²) in [6.45, 7) is 2.83. The quantitative estimate of drug-likeness (QED) is 0.778. The van der Waals surface area contributed by atoms with Gasteiger partial charge < -0.3 is 4.74 Å².